The maximum Gasteiger partial charge on any atom is 0.254 e. The second-order valence-electron chi connectivity index (χ2n) is 5.58. The lowest BCUT2D eigenvalue weighted by atomic mass is 10.1. The summed E-state index contributed by atoms with van der Waals surface area (Å²) in [6, 6.07) is 12.7. The number of pyridine rings is 1. The van der Waals surface area contributed by atoms with Gasteiger partial charge < -0.3 is 9.80 Å². The van der Waals surface area contributed by atoms with Crippen LogP contribution in [0.15, 0.2) is 48.8 Å². The first-order valence-electron chi connectivity index (χ1n) is 7.43. The average Bonchev–Trinajstić information content (AvgIpc) is 2.58. The van der Waals surface area contributed by atoms with Crippen LogP contribution in [0.4, 0.5) is 0 Å². The van der Waals surface area contributed by atoms with Crippen LogP contribution in [0.3, 0.4) is 0 Å². The van der Waals surface area contributed by atoms with E-state index in [1.165, 1.54) is 0 Å². The molecule has 23 heavy (non-hydrogen) atoms. The summed E-state index contributed by atoms with van der Waals surface area (Å²) in [5.74, 6) is -0.0761. The molecule has 0 saturated heterocycles. The largest absolute Gasteiger partial charge is 0.333 e. The molecule has 1 heterocycles. The number of hydrogen-bond donors (Lipinski definition) is 0. The molecule has 0 aliphatic carbocycles. The first-order valence-corrected chi connectivity index (χ1v) is 7.43. The van der Waals surface area contributed by atoms with Crippen molar-refractivity contribution in [2.24, 2.45) is 0 Å². The second kappa shape index (κ2) is 8.06. The van der Waals surface area contributed by atoms with Crippen molar-refractivity contribution in [3.05, 3.63) is 65.5 Å². The third-order valence-electron chi connectivity index (χ3n) is 3.44. The Bertz CT molecular complexity index is 692. The Balaban J connectivity index is 2.21. The van der Waals surface area contributed by atoms with Crippen LogP contribution in [-0.2, 0) is 6.54 Å². The molecule has 1 aromatic heterocycles. The van der Waals surface area contributed by atoms with Gasteiger partial charge in [0.1, 0.15) is 0 Å². The highest BCUT2D eigenvalue weighted by molar-refractivity contribution is 5.94. The van der Waals surface area contributed by atoms with Crippen LogP contribution in [0.1, 0.15) is 21.5 Å². The third kappa shape index (κ3) is 4.90. The molecule has 0 spiro atoms. The normalized spacial score (nSPS) is 10.3. The number of amides is 1. The molecular weight excluding hydrogens is 288 g/mol. The Morgan fingerprint density at radius 3 is 2.70 bits per heavy atom. The van der Waals surface area contributed by atoms with Crippen LogP contribution in [0.5, 0.6) is 0 Å². The molecule has 2 aromatic rings. The van der Waals surface area contributed by atoms with Crippen molar-refractivity contribution in [3.8, 4) is 6.07 Å². The van der Waals surface area contributed by atoms with Crippen LogP contribution in [0.2, 0.25) is 0 Å². The van der Waals surface area contributed by atoms with Crippen molar-refractivity contribution in [1.29, 1.82) is 5.26 Å². The Morgan fingerprint density at radius 1 is 1.22 bits per heavy atom. The van der Waals surface area contributed by atoms with Gasteiger partial charge >= 0.3 is 0 Å². The van der Waals surface area contributed by atoms with Gasteiger partial charge in [0.25, 0.3) is 5.91 Å². The maximum absolute atomic E-state index is 12.8. The van der Waals surface area contributed by atoms with Crippen molar-refractivity contribution in [2.75, 3.05) is 27.2 Å². The van der Waals surface area contributed by atoms with Gasteiger partial charge in [-0.25, -0.2) is 0 Å². The number of nitriles is 1. The van der Waals surface area contributed by atoms with E-state index in [1.54, 1.807) is 41.6 Å². The van der Waals surface area contributed by atoms with E-state index >= 15 is 0 Å². The molecule has 0 aliphatic heterocycles. The number of likely N-dealkylation sites (N-methyl/N-ethyl adjacent to an activating group) is 1. The Labute approximate surface area is 136 Å². The molecule has 0 saturated carbocycles. The predicted octanol–water partition coefficient (Wildman–Crippen LogP) is 2.16. The van der Waals surface area contributed by atoms with E-state index in [9.17, 15) is 4.79 Å². The van der Waals surface area contributed by atoms with Crippen molar-refractivity contribution < 1.29 is 4.79 Å². The van der Waals surface area contributed by atoms with Gasteiger partial charge in [0.15, 0.2) is 0 Å². The smallest absolute Gasteiger partial charge is 0.254 e. The molecule has 5 heteroatoms. The van der Waals surface area contributed by atoms with E-state index in [1.807, 2.05) is 31.1 Å². The van der Waals surface area contributed by atoms with E-state index in [4.69, 9.17) is 5.26 Å². The van der Waals surface area contributed by atoms with Gasteiger partial charge in [-0.2, -0.15) is 5.26 Å². The maximum atomic E-state index is 12.8. The summed E-state index contributed by atoms with van der Waals surface area (Å²) in [4.78, 5) is 20.7. The summed E-state index contributed by atoms with van der Waals surface area (Å²) in [7, 11) is 3.95. The average molecular weight is 308 g/mol. The summed E-state index contributed by atoms with van der Waals surface area (Å²) >= 11 is 0. The van der Waals surface area contributed by atoms with Gasteiger partial charge in [-0.1, -0.05) is 12.1 Å². The summed E-state index contributed by atoms with van der Waals surface area (Å²) in [5, 5.41) is 9.00. The lowest BCUT2D eigenvalue weighted by Crippen LogP contribution is -2.36. The highest BCUT2D eigenvalue weighted by Gasteiger charge is 2.16. The zero-order valence-corrected chi connectivity index (χ0v) is 13.4. The zero-order valence-electron chi connectivity index (χ0n) is 13.4. The minimum Gasteiger partial charge on any atom is -0.333 e. The first kappa shape index (κ1) is 16.7. The number of carbonyl (C=O) groups excluding carboxylic acids is 1. The molecule has 0 fully saturated rings. The molecule has 0 radical (unpaired) electrons. The number of nitrogens with zero attached hydrogens (tertiary/aromatic N) is 4. The van der Waals surface area contributed by atoms with Crippen molar-refractivity contribution in [1.82, 2.24) is 14.8 Å². The van der Waals surface area contributed by atoms with Crippen LogP contribution >= 0.6 is 0 Å². The summed E-state index contributed by atoms with van der Waals surface area (Å²) in [6.07, 6.45) is 3.48. The summed E-state index contributed by atoms with van der Waals surface area (Å²) in [6.45, 7) is 1.87. The SMILES string of the molecule is CN(C)CCN(Cc1cccnc1)C(=O)c1cccc(C#N)c1. The molecular formula is C18H20N4O. The molecule has 1 amide bonds. The van der Waals surface area contributed by atoms with E-state index < -0.39 is 0 Å². The Morgan fingerprint density at radius 2 is 2.04 bits per heavy atom. The lowest BCUT2D eigenvalue weighted by Gasteiger charge is -2.24. The van der Waals surface area contributed by atoms with Gasteiger partial charge in [-0.05, 0) is 43.9 Å². The molecule has 0 bridgehead atoms. The number of benzene rings is 1. The van der Waals surface area contributed by atoms with E-state index in [2.05, 4.69) is 11.1 Å². The van der Waals surface area contributed by atoms with Gasteiger partial charge in [-0.3, -0.25) is 9.78 Å². The monoisotopic (exact) mass is 308 g/mol. The van der Waals surface area contributed by atoms with Crippen LogP contribution in [-0.4, -0.2) is 47.9 Å². The summed E-state index contributed by atoms with van der Waals surface area (Å²) in [5.41, 5.74) is 2.01. The van der Waals surface area contributed by atoms with E-state index in [0.29, 0.717) is 24.2 Å². The molecule has 5 nitrogen and oxygen atoms in total. The summed E-state index contributed by atoms with van der Waals surface area (Å²) < 4.78 is 0. The highest BCUT2D eigenvalue weighted by Crippen LogP contribution is 2.11. The van der Waals surface area contributed by atoms with Crippen molar-refractivity contribution in [3.63, 3.8) is 0 Å². The Kier molecular flexibility index (Phi) is 5.84. The third-order valence-corrected chi connectivity index (χ3v) is 3.44. The van der Waals surface area contributed by atoms with Gasteiger partial charge in [-0.15, -0.1) is 0 Å². The fourth-order valence-corrected chi connectivity index (χ4v) is 2.19. The molecule has 118 valence electrons. The van der Waals surface area contributed by atoms with Crippen molar-refractivity contribution in [2.45, 2.75) is 6.54 Å². The quantitative estimate of drug-likeness (QED) is 0.820. The lowest BCUT2D eigenvalue weighted by molar-refractivity contribution is 0.0732. The van der Waals surface area contributed by atoms with Gasteiger partial charge in [0.2, 0.25) is 0 Å². The second-order valence-corrected chi connectivity index (χ2v) is 5.58. The number of carbonyl (C=O) groups is 1. The Hall–Kier alpha value is -2.71. The zero-order chi connectivity index (χ0) is 16.7. The molecule has 0 N–H and O–H groups in total. The van der Waals surface area contributed by atoms with Crippen molar-refractivity contribution >= 4 is 5.91 Å². The van der Waals surface area contributed by atoms with E-state index in [-0.39, 0.29) is 5.91 Å². The minimum absolute atomic E-state index is 0.0761. The standard InChI is InChI=1S/C18H20N4O/c1-21(2)9-10-22(14-16-6-4-8-20-13-16)18(23)17-7-3-5-15(11-17)12-19/h3-8,11,13H,9-10,14H2,1-2H3. The molecule has 2 rings (SSSR count). The van der Waals surface area contributed by atoms with Gasteiger partial charge in [0.05, 0.1) is 11.6 Å². The first-order chi connectivity index (χ1) is 11.1. The number of aromatic nitrogens is 1. The van der Waals surface area contributed by atoms with Crippen LogP contribution in [0, 0.1) is 11.3 Å². The molecule has 1 aromatic carbocycles. The van der Waals surface area contributed by atoms with Crippen LogP contribution in [0.25, 0.3) is 0 Å². The van der Waals surface area contributed by atoms with Crippen LogP contribution < -0.4 is 0 Å². The fourth-order valence-electron chi connectivity index (χ4n) is 2.19. The molecule has 0 atom stereocenters. The predicted molar refractivity (Wildman–Crippen MR) is 88.7 cm³/mol. The minimum atomic E-state index is -0.0761. The molecule has 0 unspecified atom stereocenters. The number of hydrogen-bond acceptors (Lipinski definition) is 4. The highest BCUT2D eigenvalue weighted by atomic mass is 16.2. The topological polar surface area (TPSA) is 60.2 Å². The molecule has 0 aliphatic rings. The fraction of sp³-hybridized carbons (Fsp3) is 0.278. The number of rotatable bonds is 6. The van der Waals surface area contributed by atoms with Gasteiger partial charge in [0, 0.05) is 37.6 Å². The van der Waals surface area contributed by atoms with E-state index in [0.717, 1.165) is 12.1 Å².